The summed E-state index contributed by atoms with van der Waals surface area (Å²) in [6.07, 6.45) is 0. The van der Waals surface area contributed by atoms with Crippen molar-refractivity contribution in [2.75, 3.05) is 0 Å². The maximum Gasteiger partial charge on any atom is 0.00327 e. The SMILES string of the molecule is [CH-]=NC(=[CH-])NC(C)C.[Y]. The van der Waals surface area contributed by atoms with Crippen molar-refractivity contribution in [2.45, 2.75) is 19.9 Å². The van der Waals surface area contributed by atoms with Gasteiger partial charge in [-0.1, -0.05) is 0 Å². The Morgan fingerprint density at radius 2 is 2.00 bits per heavy atom. The van der Waals surface area contributed by atoms with Crippen LogP contribution in [-0.4, -0.2) is 12.8 Å². The van der Waals surface area contributed by atoms with Crippen LogP contribution in [0.5, 0.6) is 0 Å². The normalized spacial score (nSPS) is 7.89. The Hall–Kier alpha value is 0.314. The van der Waals surface area contributed by atoms with E-state index in [9.17, 15) is 0 Å². The minimum Gasteiger partial charge on any atom is -0.577 e. The molecule has 0 aromatic carbocycles. The molecule has 0 rings (SSSR count). The van der Waals surface area contributed by atoms with E-state index in [0.29, 0.717) is 6.04 Å². The molecule has 1 N–H and O–H groups in total. The molecule has 0 saturated carbocycles. The van der Waals surface area contributed by atoms with Crippen LogP contribution < -0.4 is 5.32 Å². The van der Waals surface area contributed by atoms with Crippen LogP contribution in [0, 0.1) is 6.58 Å². The summed E-state index contributed by atoms with van der Waals surface area (Å²) in [7, 11) is 0. The summed E-state index contributed by atoms with van der Waals surface area (Å²) in [5.74, 6) is 0.278. The van der Waals surface area contributed by atoms with Gasteiger partial charge < -0.3 is 16.9 Å². The second-order valence-electron chi connectivity index (χ2n) is 1.81. The minimum atomic E-state index is 0. The van der Waals surface area contributed by atoms with Crippen LogP contribution in [0.1, 0.15) is 13.8 Å². The van der Waals surface area contributed by atoms with Crippen molar-refractivity contribution < 1.29 is 32.7 Å². The molecule has 0 atom stereocenters. The van der Waals surface area contributed by atoms with Gasteiger partial charge >= 0.3 is 0 Å². The van der Waals surface area contributed by atoms with Crippen LogP contribution in [-0.2, 0) is 32.7 Å². The van der Waals surface area contributed by atoms with Gasteiger partial charge in [-0.25, -0.2) is 5.82 Å². The number of aliphatic imine (C=N–C) groups is 1. The van der Waals surface area contributed by atoms with Gasteiger partial charge in [-0.3, -0.25) is 0 Å². The smallest absolute Gasteiger partial charge is 0.00327 e. The molecule has 3 heteroatoms. The first-order valence-electron chi connectivity index (χ1n) is 2.46. The van der Waals surface area contributed by atoms with Crippen molar-refractivity contribution in [2.24, 2.45) is 4.99 Å². The van der Waals surface area contributed by atoms with Gasteiger partial charge in [0.15, 0.2) is 0 Å². The Kier molecular flexibility index (Phi) is 8.60. The molecule has 2 nitrogen and oxygen atoms in total. The maximum absolute atomic E-state index is 5.19. The van der Waals surface area contributed by atoms with E-state index in [1.54, 1.807) is 0 Å². The van der Waals surface area contributed by atoms with Crippen molar-refractivity contribution >= 4 is 6.72 Å². The molecule has 0 heterocycles. The Labute approximate surface area is 81.7 Å². The van der Waals surface area contributed by atoms with Gasteiger partial charge in [-0.2, -0.15) is 6.72 Å². The third kappa shape index (κ3) is 8.31. The summed E-state index contributed by atoms with van der Waals surface area (Å²) in [6, 6.07) is 0.294. The molecule has 0 fully saturated rings. The predicted octanol–water partition coefficient (Wildman–Crippen LogP) is 0.834. The van der Waals surface area contributed by atoms with E-state index in [-0.39, 0.29) is 38.5 Å². The average molecular weight is 199 g/mol. The second kappa shape index (κ2) is 6.43. The Balaban J connectivity index is 0. The monoisotopic (exact) mass is 199 g/mol. The molecule has 0 unspecified atom stereocenters. The predicted molar refractivity (Wildman–Crippen MR) is 34.6 cm³/mol. The first-order chi connectivity index (χ1) is 3.66. The fraction of sp³-hybridized carbons (Fsp3) is 0.500. The van der Waals surface area contributed by atoms with E-state index in [4.69, 9.17) is 13.3 Å². The van der Waals surface area contributed by atoms with Crippen molar-refractivity contribution in [1.29, 1.82) is 0 Å². The minimum absolute atomic E-state index is 0. The van der Waals surface area contributed by atoms with E-state index in [1.165, 1.54) is 0 Å². The van der Waals surface area contributed by atoms with Crippen LogP contribution in [0.2, 0.25) is 0 Å². The molecule has 0 amide bonds. The quantitative estimate of drug-likeness (QED) is 0.528. The molecule has 0 aromatic heterocycles. The Morgan fingerprint density at radius 1 is 1.56 bits per heavy atom. The number of hydrogen-bond donors (Lipinski definition) is 1. The van der Waals surface area contributed by atoms with Crippen molar-refractivity contribution in [1.82, 2.24) is 5.32 Å². The largest absolute Gasteiger partial charge is 0.577 e. The van der Waals surface area contributed by atoms with Crippen molar-refractivity contribution in [3.8, 4) is 0 Å². The number of rotatable bonds is 3. The van der Waals surface area contributed by atoms with Gasteiger partial charge in [0.05, 0.1) is 0 Å². The van der Waals surface area contributed by atoms with E-state index in [0.717, 1.165) is 0 Å². The molecule has 0 spiro atoms. The molecule has 0 aliphatic heterocycles. The second-order valence-corrected chi connectivity index (χ2v) is 1.81. The summed E-state index contributed by atoms with van der Waals surface area (Å²) < 4.78 is 0. The molecular weight excluding hydrogens is 189 g/mol. The van der Waals surface area contributed by atoms with Crippen LogP contribution in [0.25, 0.3) is 0 Å². The van der Waals surface area contributed by atoms with Crippen LogP contribution in [0.4, 0.5) is 0 Å². The maximum atomic E-state index is 5.19. The summed E-state index contributed by atoms with van der Waals surface area (Å²) in [5, 5.41) is 2.80. The molecule has 0 bridgehead atoms. The molecule has 1 radical (unpaired) electrons. The number of nitrogens with zero attached hydrogens (tertiary/aromatic N) is 1. The first-order valence-corrected chi connectivity index (χ1v) is 2.46. The molecule has 9 heavy (non-hydrogen) atoms. The van der Waals surface area contributed by atoms with Gasteiger partial charge in [0.25, 0.3) is 0 Å². The fourth-order valence-corrected chi connectivity index (χ4v) is 0.333. The Morgan fingerprint density at radius 3 is 2.11 bits per heavy atom. The average Bonchev–Trinajstić information content (AvgIpc) is 1.65. The first kappa shape index (κ1) is 12.0. The van der Waals surface area contributed by atoms with E-state index in [2.05, 4.69) is 10.3 Å². The van der Waals surface area contributed by atoms with Crippen LogP contribution in [0.3, 0.4) is 0 Å². The summed E-state index contributed by atoms with van der Waals surface area (Å²) in [4.78, 5) is 3.21. The molecule has 0 saturated heterocycles. The fourth-order valence-electron chi connectivity index (χ4n) is 0.333. The van der Waals surface area contributed by atoms with Gasteiger partial charge in [-0.05, 0) is 13.8 Å². The zero-order valence-electron chi connectivity index (χ0n) is 5.76. The van der Waals surface area contributed by atoms with Gasteiger partial charge in [0, 0.05) is 38.8 Å². The van der Waals surface area contributed by atoms with E-state index < -0.39 is 0 Å². The standard InChI is InChI=1S/C6H10N2.Y/c1-5(2)8-6(3)7-4;/h3-5,8H,1-2H3;/q-2;. The molecule has 49 valence electrons. The Bertz CT molecular complexity index is 99.2. The van der Waals surface area contributed by atoms with Gasteiger partial charge in [0.1, 0.15) is 0 Å². The summed E-state index contributed by atoms with van der Waals surface area (Å²) >= 11 is 0. The van der Waals surface area contributed by atoms with Crippen molar-refractivity contribution in [3.05, 3.63) is 12.4 Å². The third-order valence-corrected chi connectivity index (χ3v) is 0.576. The summed E-state index contributed by atoms with van der Waals surface area (Å²) in [5.41, 5.74) is 0. The zero-order chi connectivity index (χ0) is 6.57. The van der Waals surface area contributed by atoms with E-state index in [1.807, 2.05) is 13.8 Å². The van der Waals surface area contributed by atoms with Gasteiger partial charge in [0.2, 0.25) is 0 Å². The number of hydrogen-bond acceptors (Lipinski definition) is 2. The number of nitrogens with one attached hydrogen (secondary N) is 1. The topological polar surface area (TPSA) is 24.4 Å². The molecule has 0 aromatic rings. The van der Waals surface area contributed by atoms with E-state index >= 15 is 0 Å². The van der Waals surface area contributed by atoms with Crippen molar-refractivity contribution in [3.63, 3.8) is 0 Å². The summed E-state index contributed by atoms with van der Waals surface area (Å²) in [6.45, 7) is 13.9. The van der Waals surface area contributed by atoms with Crippen LogP contribution >= 0.6 is 0 Å². The van der Waals surface area contributed by atoms with Gasteiger partial charge in [-0.15, -0.1) is 0 Å². The van der Waals surface area contributed by atoms with Crippen LogP contribution in [0.15, 0.2) is 10.8 Å². The zero-order valence-corrected chi connectivity index (χ0v) is 8.59. The molecule has 0 aliphatic carbocycles. The molecular formula is C6H10N2Y-2. The molecule has 0 aliphatic rings. The third-order valence-electron chi connectivity index (χ3n) is 0.576.